The van der Waals surface area contributed by atoms with Crippen molar-refractivity contribution < 1.29 is 12.8 Å². The number of halogens is 1. The molecule has 0 spiro atoms. The smallest absolute Gasteiger partial charge is 0.215 e. The molecule has 0 radical (unpaired) electrons. The number of benzene rings is 1. The third kappa shape index (κ3) is 4.80. The zero-order valence-electron chi connectivity index (χ0n) is 9.90. The van der Waals surface area contributed by atoms with Crippen LogP contribution in [-0.4, -0.2) is 28.1 Å². The van der Waals surface area contributed by atoms with Gasteiger partial charge in [0.1, 0.15) is 5.82 Å². The van der Waals surface area contributed by atoms with E-state index >= 15 is 0 Å². The minimum Gasteiger partial charge on any atom is -0.316 e. The lowest BCUT2D eigenvalue weighted by molar-refractivity contribution is 0.551. The molecule has 0 aliphatic rings. The van der Waals surface area contributed by atoms with Gasteiger partial charge in [0.25, 0.3) is 0 Å². The van der Waals surface area contributed by atoms with Crippen molar-refractivity contribution in [2.24, 2.45) is 0 Å². The first-order valence-corrected chi connectivity index (χ1v) is 6.98. The van der Waals surface area contributed by atoms with Gasteiger partial charge in [-0.3, -0.25) is 0 Å². The average molecular weight is 260 g/mol. The van der Waals surface area contributed by atoms with Gasteiger partial charge < -0.3 is 5.32 Å². The summed E-state index contributed by atoms with van der Waals surface area (Å²) in [5, 5.41) is 2.91. The fourth-order valence-corrected chi connectivity index (χ4v) is 2.47. The van der Waals surface area contributed by atoms with Crippen LogP contribution in [0.15, 0.2) is 24.3 Å². The first-order valence-electron chi connectivity index (χ1n) is 5.32. The second-order valence-corrected chi connectivity index (χ2v) is 5.70. The van der Waals surface area contributed by atoms with Crippen LogP contribution in [-0.2, 0) is 15.8 Å². The molecule has 0 bridgehead atoms. The number of nitrogens with one attached hydrogen (secondary N) is 2. The van der Waals surface area contributed by atoms with Crippen LogP contribution < -0.4 is 10.0 Å². The lowest BCUT2D eigenvalue weighted by Gasteiger charge is -2.12. The van der Waals surface area contributed by atoms with Gasteiger partial charge in [0.2, 0.25) is 10.0 Å². The summed E-state index contributed by atoms with van der Waals surface area (Å²) in [5.41, 5.74) is 0.178. The Morgan fingerprint density at radius 2 is 2.00 bits per heavy atom. The third-order valence-electron chi connectivity index (χ3n) is 2.41. The molecule has 1 atom stereocenters. The Labute approximate surface area is 101 Å². The molecule has 0 heterocycles. The number of sulfonamides is 1. The molecule has 96 valence electrons. The molecule has 1 aromatic carbocycles. The van der Waals surface area contributed by atoms with E-state index in [-0.39, 0.29) is 23.9 Å². The maximum absolute atomic E-state index is 13.3. The molecule has 17 heavy (non-hydrogen) atoms. The second kappa shape index (κ2) is 6.09. The summed E-state index contributed by atoms with van der Waals surface area (Å²) in [6, 6.07) is 5.90. The Morgan fingerprint density at radius 1 is 1.35 bits per heavy atom. The molecule has 0 amide bonds. The van der Waals surface area contributed by atoms with Crippen molar-refractivity contribution in [3.63, 3.8) is 0 Å². The van der Waals surface area contributed by atoms with E-state index in [0.717, 1.165) is 0 Å². The van der Waals surface area contributed by atoms with E-state index in [4.69, 9.17) is 0 Å². The monoisotopic (exact) mass is 260 g/mol. The minimum atomic E-state index is -3.49. The maximum atomic E-state index is 13.3. The fraction of sp³-hybridized carbons (Fsp3) is 0.455. The molecular formula is C11H17FN2O2S. The summed E-state index contributed by atoms with van der Waals surface area (Å²) in [6.07, 6.45) is 0. The van der Waals surface area contributed by atoms with E-state index in [1.807, 2.05) is 6.92 Å². The van der Waals surface area contributed by atoms with Gasteiger partial charge in [0.15, 0.2) is 0 Å². The first kappa shape index (κ1) is 14.1. The van der Waals surface area contributed by atoms with Crippen LogP contribution in [0.2, 0.25) is 0 Å². The maximum Gasteiger partial charge on any atom is 0.215 e. The van der Waals surface area contributed by atoms with Gasteiger partial charge in [-0.1, -0.05) is 18.2 Å². The molecule has 0 aliphatic carbocycles. The summed E-state index contributed by atoms with van der Waals surface area (Å²) in [5.74, 6) is -0.838. The quantitative estimate of drug-likeness (QED) is 0.797. The summed E-state index contributed by atoms with van der Waals surface area (Å²) in [6.45, 7) is 2.14. The van der Waals surface area contributed by atoms with Crippen LogP contribution in [0.4, 0.5) is 4.39 Å². The number of rotatable bonds is 6. The summed E-state index contributed by atoms with van der Waals surface area (Å²) >= 11 is 0. The summed E-state index contributed by atoms with van der Waals surface area (Å²) in [7, 11) is -1.75. The Morgan fingerprint density at radius 3 is 2.59 bits per heavy atom. The highest BCUT2D eigenvalue weighted by Gasteiger charge is 2.14. The average Bonchev–Trinajstić information content (AvgIpc) is 2.29. The van der Waals surface area contributed by atoms with E-state index < -0.39 is 15.8 Å². The minimum absolute atomic E-state index is 0.0328. The number of hydrogen-bond acceptors (Lipinski definition) is 3. The third-order valence-corrected chi connectivity index (χ3v) is 3.70. The van der Waals surface area contributed by atoms with Crippen molar-refractivity contribution in [2.45, 2.75) is 18.7 Å². The van der Waals surface area contributed by atoms with Crippen LogP contribution >= 0.6 is 0 Å². The molecular weight excluding hydrogens is 243 g/mol. The van der Waals surface area contributed by atoms with E-state index in [1.165, 1.54) is 18.2 Å². The van der Waals surface area contributed by atoms with Crippen LogP contribution in [0, 0.1) is 5.82 Å². The second-order valence-electron chi connectivity index (χ2n) is 3.89. The van der Waals surface area contributed by atoms with Gasteiger partial charge in [-0.05, 0) is 20.0 Å². The molecule has 0 saturated carbocycles. The zero-order chi connectivity index (χ0) is 12.9. The van der Waals surface area contributed by atoms with Crippen molar-refractivity contribution in [1.82, 2.24) is 10.0 Å². The Kier molecular flexibility index (Phi) is 5.04. The predicted octanol–water partition coefficient (Wildman–Crippen LogP) is 0.853. The molecule has 1 aromatic rings. The van der Waals surface area contributed by atoms with Crippen molar-refractivity contribution in [3.05, 3.63) is 35.6 Å². The van der Waals surface area contributed by atoms with Crippen LogP contribution in [0.25, 0.3) is 0 Å². The van der Waals surface area contributed by atoms with Gasteiger partial charge in [-0.15, -0.1) is 0 Å². The highest BCUT2D eigenvalue weighted by atomic mass is 32.2. The molecule has 0 aromatic heterocycles. The SMILES string of the molecule is CNC(C)CNS(=O)(=O)Cc1ccccc1F. The fourth-order valence-electron chi connectivity index (χ4n) is 1.23. The topological polar surface area (TPSA) is 58.2 Å². The first-order chi connectivity index (χ1) is 7.94. The Bertz CT molecular complexity index is 462. The van der Waals surface area contributed by atoms with E-state index in [0.29, 0.717) is 0 Å². The molecule has 4 nitrogen and oxygen atoms in total. The molecule has 0 fully saturated rings. The number of hydrogen-bond donors (Lipinski definition) is 2. The molecule has 2 N–H and O–H groups in total. The van der Waals surface area contributed by atoms with Crippen LogP contribution in [0.1, 0.15) is 12.5 Å². The van der Waals surface area contributed by atoms with Gasteiger partial charge in [-0.2, -0.15) is 0 Å². The molecule has 1 rings (SSSR count). The van der Waals surface area contributed by atoms with Gasteiger partial charge in [0.05, 0.1) is 5.75 Å². The van der Waals surface area contributed by atoms with Gasteiger partial charge >= 0.3 is 0 Å². The van der Waals surface area contributed by atoms with Crippen molar-refractivity contribution in [1.29, 1.82) is 0 Å². The molecule has 6 heteroatoms. The Balaban J connectivity index is 2.64. The molecule has 0 saturated heterocycles. The van der Waals surface area contributed by atoms with E-state index in [1.54, 1.807) is 13.1 Å². The van der Waals surface area contributed by atoms with E-state index in [2.05, 4.69) is 10.0 Å². The zero-order valence-corrected chi connectivity index (χ0v) is 10.7. The number of likely N-dealkylation sites (N-methyl/N-ethyl adjacent to an activating group) is 1. The summed E-state index contributed by atoms with van der Waals surface area (Å²) in [4.78, 5) is 0. The standard InChI is InChI=1S/C11H17FN2O2S/c1-9(13-2)7-14-17(15,16)8-10-5-3-4-6-11(10)12/h3-6,9,13-14H,7-8H2,1-2H3. The van der Waals surface area contributed by atoms with Gasteiger partial charge in [0, 0.05) is 18.2 Å². The van der Waals surface area contributed by atoms with Crippen molar-refractivity contribution in [2.75, 3.05) is 13.6 Å². The lowest BCUT2D eigenvalue weighted by atomic mass is 10.2. The Hall–Kier alpha value is -0.980. The largest absolute Gasteiger partial charge is 0.316 e. The lowest BCUT2D eigenvalue weighted by Crippen LogP contribution is -2.37. The van der Waals surface area contributed by atoms with Crippen LogP contribution in [0.5, 0.6) is 0 Å². The van der Waals surface area contributed by atoms with Gasteiger partial charge in [-0.25, -0.2) is 17.5 Å². The normalized spacial score (nSPS) is 13.6. The highest BCUT2D eigenvalue weighted by Crippen LogP contribution is 2.09. The molecule has 1 unspecified atom stereocenters. The summed E-state index contributed by atoms with van der Waals surface area (Å²) < 4.78 is 39.0. The van der Waals surface area contributed by atoms with E-state index in [9.17, 15) is 12.8 Å². The predicted molar refractivity (Wildman–Crippen MR) is 65.5 cm³/mol. The van der Waals surface area contributed by atoms with Crippen LogP contribution in [0.3, 0.4) is 0 Å². The molecule has 0 aliphatic heterocycles. The van der Waals surface area contributed by atoms with Crippen molar-refractivity contribution in [3.8, 4) is 0 Å². The highest BCUT2D eigenvalue weighted by molar-refractivity contribution is 7.88. The van der Waals surface area contributed by atoms with Crippen molar-refractivity contribution >= 4 is 10.0 Å².